The van der Waals surface area contributed by atoms with Crippen LogP contribution in [0.3, 0.4) is 0 Å². The zero-order valence-corrected chi connectivity index (χ0v) is 14.0. The predicted molar refractivity (Wildman–Crippen MR) is 103 cm³/mol. The lowest BCUT2D eigenvalue weighted by Gasteiger charge is -2.24. The first-order valence-corrected chi connectivity index (χ1v) is 8.73. The van der Waals surface area contributed by atoms with Crippen LogP contribution in [0.1, 0.15) is 45.3 Å². The van der Waals surface area contributed by atoms with Crippen LogP contribution in [0.15, 0.2) is 91.0 Å². The smallest absolute Gasteiger partial charge is 0.163 e. The molecule has 0 fully saturated rings. The van der Waals surface area contributed by atoms with Gasteiger partial charge in [-0.05, 0) is 16.7 Å². The van der Waals surface area contributed by atoms with E-state index in [-0.39, 0.29) is 17.6 Å². The molecule has 0 radical (unpaired) electrons. The molecule has 25 heavy (non-hydrogen) atoms. The molecule has 1 aliphatic rings. The topological polar surface area (TPSA) is 17.1 Å². The number of carbonyl (C=O) groups excluding carboxylic acids is 1. The Kier molecular flexibility index (Phi) is 4.30. The minimum Gasteiger partial charge on any atom is -0.294 e. The third-order valence-electron chi connectivity index (χ3n) is 5.00. The molecule has 0 saturated heterocycles. The van der Waals surface area contributed by atoms with Crippen LogP contribution in [0.4, 0.5) is 0 Å². The van der Waals surface area contributed by atoms with E-state index in [1.807, 2.05) is 36.4 Å². The van der Waals surface area contributed by atoms with Crippen molar-refractivity contribution in [3.05, 3.63) is 113 Å². The number of rotatable bonds is 5. The summed E-state index contributed by atoms with van der Waals surface area (Å²) in [7, 11) is 0. The maximum atomic E-state index is 12.9. The quantitative estimate of drug-likeness (QED) is 0.538. The predicted octanol–water partition coefficient (Wildman–Crippen LogP) is 5.85. The fourth-order valence-corrected chi connectivity index (χ4v) is 3.72. The van der Waals surface area contributed by atoms with Crippen LogP contribution >= 0.6 is 0 Å². The average Bonchev–Trinajstić information content (AvgIpc) is 3.11. The average molecular weight is 324 g/mol. The fraction of sp³-hybridized carbons (Fsp3) is 0.125. The molecule has 4 rings (SSSR count). The van der Waals surface area contributed by atoms with Crippen molar-refractivity contribution in [2.75, 3.05) is 0 Å². The standard InChI is InChI=1S/C24H20O/c25-24(20-12-5-2-6-13-20)17-23(18-9-3-1-4-10-18)22-16-15-19-11-7-8-14-21(19)22/h1-16,22-23H,17H2. The summed E-state index contributed by atoms with van der Waals surface area (Å²) in [5.41, 5.74) is 4.59. The molecular weight excluding hydrogens is 304 g/mol. The van der Waals surface area contributed by atoms with Gasteiger partial charge in [-0.3, -0.25) is 4.79 Å². The molecule has 3 aromatic carbocycles. The van der Waals surface area contributed by atoms with E-state index in [0.717, 1.165) is 5.56 Å². The summed E-state index contributed by atoms with van der Waals surface area (Å²) in [6, 6.07) is 28.5. The maximum absolute atomic E-state index is 12.9. The summed E-state index contributed by atoms with van der Waals surface area (Å²) < 4.78 is 0. The van der Waals surface area contributed by atoms with Crippen molar-refractivity contribution < 1.29 is 4.79 Å². The van der Waals surface area contributed by atoms with Gasteiger partial charge >= 0.3 is 0 Å². The van der Waals surface area contributed by atoms with Gasteiger partial charge in [0.15, 0.2) is 5.78 Å². The minimum absolute atomic E-state index is 0.147. The van der Waals surface area contributed by atoms with Crippen molar-refractivity contribution in [2.45, 2.75) is 18.3 Å². The highest BCUT2D eigenvalue weighted by Gasteiger charge is 2.29. The van der Waals surface area contributed by atoms with E-state index in [4.69, 9.17) is 0 Å². The first-order chi connectivity index (χ1) is 12.3. The van der Waals surface area contributed by atoms with Gasteiger partial charge in [0.25, 0.3) is 0 Å². The van der Waals surface area contributed by atoms with Gasteiger partial charge in [0.05, 0.1) is 0 Å². The van der Waals surface area contributed by atoms with E-state index >= 15 is 0 Å². The van der Waals surface area contributed by atoms with E-state index in [0.29, 0.717) is 6.42 Å². The van der Waals surface area contributed by atoms with Gasteiger partial charge in [0.2, 0.25) is 0 Å². The lowest BCUT2D eigenvalue weighted by molar-refractivity contribution is 0.0971. The fourth-order valence-electron chi connectivity index (χ4n) is 3.72. The molecule has 0 heterocycles. The molecule has 0 aromatic heterocycles. The number of ketones is 1. The van der Waals surface area contributed by atoms with Crippen LogP contribution in [-0.2, 0) is 0 Å². The van der Waals surface area contributed by atoms with Crippen molar-refractivity contribution in [3.63, 3.8) is 0 Å². The maximum Gasteiger partial charge on any atom is 0.163 e. The third-order valence-corrected chi connectivity index (χ3v) is 5.00. The molecule has 2 atom stereocenters. The van der Waals surface area contributed by atoms with Crippen molar-refractivity contribution in [3.8, 4) is 0 Å². The number of Topliss-reactive ketones (excluding diaryl/α,β-unsaturated/α-hetero) is 1. The number of hydrogen-bond donors (Lipinski definition) is 0. The second kappa shape index (κ2) is 6.90. The highest BCUT2D eigenvalue weighted by molar-refractivity contribution is 5.96. The molecule has 1 nitrogen and oxygen atoms in total. The lowest BCUT2D eigenvalue weighted by Crippen LogP contribution is -2.14. The second-order valence-corrected chi connectivity index (χ2v) is 6.52. The summed E-state index contributed by atoms with van der Waals surface area (Å²) in [5, 5.41) is 0. The Hall–Kier alpha value is -2.93. The van der Waals surface area contributed by atoms with E-state index in [2.05, 4.69) is 60.7 Å². The van der Waals surface area contributed by atoms with Gasteiger partial charge in [-0.15, -0.1) is 0 Å². The van der Waals surface area contributed by atoms with Crippen LogP contribution in [0, 0.1) is 0 Å². The number of allylic oxidation sites excluding steroid dienone is 1. The largest absolute Gasteiger partial charge is 0.294 e. The van der Waals surface area contributed by atoms with Gasteiger partial charge < -0.3 is 0 Å². The van der Waals surface area contributed by atoms with Crippen molar-refractivity contribution in [1.82, 2.24) is 0 Å². The summed E-state index contributed by atoms with van der Waals surface area (Å²) in [4.78, 5) is 12.9. The van der Waals surface area contributed by atoms with Crippen molar-refractivity contribution in [2.24, 2.45) is 0 Å². The molecule has 0 N–H and O–H groups in total. The monoisotopic (exact) mass is 324 g/mol. The van der Waals surface area contributed by atoms with Crippen LogP contribution < -0.4 is 0 Å². The number of fused-ring (bicyclic) bond motifs is 1. The molecular formula is C24H20O. The van der Waals surface area contributed by atoms with Crippen LogP contribution in [-0.4, -0.2) is 5.78 Å². The highest BCUT2D eigenvalue weighted by Crippen LogP contribution is 2.42. The molecule has 0 aliphatic heterocycles. The number of hydrogen-bond acceptors (Lipinski definition) is 1. The Morgan fingerprint density at radius 2 is 1.44 bits per heavy atom. The first kappa shape index (κ1) is 15.6. The zero-order valence-electron chi connectivity index (χ0n) is 14.0. The summed E-state index contributed by atoms with van der Waals surface area (Å²) in [6.45, 7) is 0. The van der Waals surface area contributed by atoms with Crippen molar-refractivity contribution in [1.29, 1.82) is 0 Å². The highest BCUT2D eigenvalue weighted by atomic mass is 16.1. The van der Waals surface area contributed by atoms with Crippen LogP contribution in [0.2, 0.25) is 0 Å². The van der Waals surface area contributed by atoms with Gasteiger partial charge in [-0.2, -0.15) is 0 Å². The van der Waals surface area contributed by atoms with E-state index in [1.165, 1.54) is 16.7 Å². The van der Waals surface area contributed by atoms with E-state index in [9.17, 15) is 4.79 Å². The first-order valence-electron chi connectivity index (χ1n) is 8.73. The minimum atomic E-state index is 0.147. The van der Waals surface area contributed by atoms with Gasteiger partial charge in [-0.1, -0.05) is 97.1 Å². The van der Waals surface area contributed by atoms with Gasteiger partial charge in [0.1, 0.15) is 0 Å². The van der Waals surface area contributed by atoms with Gasteiger partial charge in [0, 0.05) is 23.8 Å². The molecule has 3 aromatic rings. The molecule has 1 heteroatoms. The molecule has 1 aliphatic carbocycles. The Morgan fingerprint density at radius 3 is 2.20 bits per heavy atom. The van der Waals surface area contributed by atoms with Gasteiger partial charge in [-0.25, -0.2) is 0 Å². The molecule has 0 bridgehead atoms. The Bertz CT molecular complexity index is 894. The van der Waals surface area contributed by atoms with E-state index in [1.54, 1.807) is 0 Å². The lowest BCUT2D eigenvalue weighted by atomic mass is 9.79. The molecule has 0 spiro atoms. The van der Waals surface area contributed by atoms with E-state index < -0.39 is 0 Å². The van der Waals surface area contributed by atoms with Crippen LogP contribution in [0.25, 0.3) is 6.08 Å². The third kappa shape index (κ3) is 3.18. The normalized spacial score (nSPS) is 16.4. The van der Waals surface area contributed by atoms with Crippen molar-refractivity contribution >= 4 is 11.9 Å². The number of benzene rings is 3. The second-order valence-electron chi connectivity index (χ2n) is 6.52. The Labute approximate surface area is 148 Å². The Balaban J connectivity index is 1.69. The summed E-state index contributed by atoms with van der Waals surface area (Å²) in [6.07, 6.45) is 4.95. The van der Waals surface area contributed by atoms with Crippen LogP contribution in [0.5, 0.6) is 0 Å². The molecule has 0 saturated carbocycles. The SMILES string of the molecule is O=C(CC(c1ccccc1)C1C=Cc2ccccc21)c1ccccc1. The summed E-state index contributed by atoms with van der Waals surface area (Å²) >= 11 is 0. The Morgan fingerprint density at radius 1 is 0.800 bits per heavy atom. The molecule has 2 unspecified atom stereocenters. The number of carbonyl (C=O) groups is 1. The summed E-state index contributed by atoms with van der Waals surface area (Å²) in [5.74, 6) is 0.590. The molecule has 0 amide bonds. The zero-order chi connectivity index (χ0) is 17.1. The molecule has 122 valence electrons.